The van der Waals surface area contributed by atoms with Gasteiger partial charge in [0.25, 0.3) is 0 Å². The van der Waals surface area contributed by atoms with Gasteiger partial charge in [-0.05, 0) is 49.4 Å². The fourth-order valence-electron chi connectivity index (χ4n) is 1.55. The highest BCUT2D eigenvalue weighted by Gasteiger charge is 2.11. The zero-order valence-electron chi connectivity index (χ0n) is 10.7. The van der Waals surface area contributed by atoms with Crippen LogP contribution in [0.5, 0.6) is 0 Å². The predicted octanol–water partition coefficient (Wildman–Crippen LogP) is 4.92. The molecule has 0 saturated carbocycles. The monoisotopic (exact) mass is 354 g/mol. The quantitative estimate of drug-likeness (QED) is 0.729. The van der Waals surface area contributed by atoms with Crippen molar-refractivity contribution in [2.75, 3.05) is 6.61 Å². The molecular weight excluding hydrogens is 343 g/mol. The molecule has 0 fully saturated rings. The zero-order valence-corrected chi connectivity index (χ0v) is 13.1. The summed E-state index contributed by atoms with van der Waals surface area (Å²) in [7, 11) is 0. The molecule has 2 aromatic carbocycles. The number of carbonyl (C=O) groups excluding carboxylic acids is 1. The summed E-state index contributed by atoms with van der Waals surface area (Å²) in [4.78, 5) is 12.9. The number of hydrogen-bond acceptors (Lipinski definition) is 3. The summed E-state index contributed by atoms with van der Waals surface area (Å²) in [6, 6.07) is 12.0. The van der Waals surface area contributed by atoms with Crippen molar-refractivity contribution in [1.29, 1.82) is 0 Å². The molecule has 0 N–H and O–H groups in total. The molecule has 2 aromatic rings. The Bertz CT molecular complexity index is 614. The van der Waals surface area contributed by atoms with Crippen molar-refractivity contribution in [1.82, 2.24) is 0 Å². The van der Waals surface area contributed by atoms with Crippen LogP contribution in [0.4, 0.5) is 4.39 Å². The normalized spacial score (nSPS) is 10.3. The van der Waals surface area contributed by atoms with E-state index in [2.05, 4.69) is 15.9 Å². The molecule has 0 bridgehead atoms. The molecular formula is C15H12BrFO2S. The van der Waals surface area contributed by atoms with Crippen LogP contribution in [0.15, 0.2) is 56.7 Å². The SMILES string of the molecule is CCOC(=O)c1ccc(Sc2ccc(Br)cc2)c(F)c1. The van der Waals surface area contributed by atoms with Crippen LogP contribution in [0, 0.1) is 5.82 Å². The van der Waals surface area contributed by atoms with Gasteiger partial charge in [-0.2, -0.15) is 0 Å². The third kappa shape index (κ3) is 3.84. The Balaban J connectivity index is 2.17. The lowest BCUT2D eigenvalue weighted by Gasteiger charge is -2.06. The van der Waals surface area contributed by atoms with E-state index in [1.165, 1.54) is 17.8 Å². The Labute approximate surface area is 129 Å². The number of carbonyl (C=O) groups is 1. The largest absolute Gasteiger partial charge is 0.462 e. The topological polar surface area (TPSA) is 26.3 Å². The molecule has 0 heterocycles. The van der Waals surface area contributed by atoms with Gasteiger partial charge in [-0.15, -0.1) is 0 Å². The molecule has 0 saturated heterocycles. The molecule has 104 valence electrons. The molecule has 0 unspecified atom stereocenters. The lowest BCUT2D eigenvalue weighted by Crippen LogP contribution is -2.05. The smallest absolute Gasteiger partial charge is 0.338 e. The number of ether oxygens (including phenoxy) is 1. The van der Waals surface area contributed by atoms with Gasteiger partial charge in [0.05, 0.1) is 12.2 Å². The van der Waals surface area contributed by atoms with E-state index in [4.69, 9.17) is 4.74 Å². The fraction of sp³-hybridized carbons (Fsp3) is 0.133. The summed E-state index contributed by atoms with van der Waals surface area (Å²) in [6.07, 6.45) is 0. The molecule has 0 atom stereocenters. The summed E-state index contributed by atoms with van der Waals surface area (Å²) in [5, 5.41) is 0. The van der Waals surface area contributed by atoms with E-state index in [0.717, 1.165) is 9.37 Å². The highest BCUT2D eigenvalue weighted by Crippen LogP contribution is 2.31. The molecule has 0 aromatic heterocycles. The fourth-order valence-corrected chi connectivity index (χ4v) is 2.64. The molecule has 2 nitrogen and oxygen atoms in total. The van der Waals surface area contributed by atoms with Crippen LogP contribution in [-0.4, -0.2) is 12.6 Å². The average Bonchev–Trinajstić information content (AvgIpc) is 2.43. The first-order chi connectivity index (χ1) is 9.60. The maximum Gasteiger partial charge on any atom is 0.338 e. The van der Waals surface area contributed by atoms with Gasteiger partial charge >= 0.3 is 5.97 Å². The van der Waals surface area contributed by atoms with Crippen molar-refractivity contribution >= 4 is 33.7 Å². The first-order valence-corrected chi connectivity index (χ1v) is 7.61. The Hall–Kier alpha value is -1.33. The third-order valence-electron chi connectivity index (χ3n) is 2.48. The Morgan fingerprint density at radius 2 is 1.95 bits per heavy atom. The van der Waals surface area contributed by atoms with Crippen LogP contribution >= 0.6 is 27.7 Å². The van der Waals surface area contributed by atoms with E-state index in [1.807, 2.05) is 24.3 Å². The third-order valence-corrected chi connectivity index (χ3v) is 4.07. The summed E-state index contributed by atoms with van der Waals surface area (Å²) >= 11 is 4.66. The van der Waals surface area contributed by atoms with Crippen molar-refractivity contribution in [3.63, 3.8) is 0 Å². The number of rotatable bonds is 4. The number of hydrogen-bond donors (Lipinski definition) is 0. The minimum Gasteiger partial charge on any atom is -0.462 e. The Morgan fingerprint density at radius 1 is 1.25 bits per heavy atom. The molecule has 0 aliphatic carbocycles. The van der Waals surface area contributed by atoms with Gasteiger partial charge in [0.1, 0.15) is 5.82 Å². The van der Waals surface area contributed by atoms with Crippen molar-refractivity contribution < 1.29 is 13.9 Å². The van der Waals surface area contributed by atoms with Gasteiger partial charge in [0.2, 0.25) is 0 Å². The first kappa shape index (κ1) is 15.1. The van der Waals surface area contributed by atoms with Crippen LogP contribution in [0.3, 0.4) is 0 Å². The van der Waals surface area contributed by atoms with Gasteiger partial charge in [0.15, 0.2) is 0 Å². The molecule has 20 heavy (non-hydrogen) atoms. The molecule has 0 aliphatic rings. The van der Waals surface area contributed by atoms with Crippen molar-refractivity contribution in [3.05, 3.63) is 58.3 Å². The van der Waals surface area contributed by atoms with Gasteiger partial charge < -0.3 is 4.74 Å². The summed E-state index contributed by atoms with van der Waals surface area (Å²) in [6.45, 7) is 1.99. The van der Waals surface area contributed by atoms with Gasteiger partial charge in [-0.25, -0.2) is 9.18 Å². The maximum atomic E-state index is 14.0. The highest BCUT2D eigenvalue weighted by molar-refractivity contribution is 9.10. The molecule has 2 rings (SSSR count). The van der Waals surface area contributed by atoms with Gasteiger partial charge in [0, 0.05) is 14.3 Å². The van der Waals surface area contributed by atoms with Crippen molar-refractivity contribution in [2.24, 2.45) is 0 Å². The average molecular weight is 355 g/mol. The summed E-state index contributed by atoms with van der Waals surface area (Å²) < 4.78 is 19.8. The molecule has 0 aliphatic heterocycles. The minimum absolute atomic E-state index is 0.226. The molecule has 0 spiro atoms. The Morgan fingerprint density at radius 3 is 2.55 bits per heavy atom. The standard InChI is InChI=1S/C15H12BrFO2S/c1-2-19-15(18)10-3-8-14(13(17)9-10)20-12-6-4-11(16)5-7-12/h3-9H,2H2,1H3. The van der Waals surface area contributed by atoms with E-state index in [-0.39, 0.29) is 12.2 Å². The molecule has 5 heteroatoms. The second-order valence-corrected chi connectivity index (χ2v) is 5.95. The molecule has 0 amide bonds. The number of benzene rings is 2. The first-order valence-electron chi connectivity index (χ1n) is 6.00. The predicted molar refractivity (Wildman–Crippen MR) is 80.6 cm³/mol. The summed E-state index contributed by atoms with van der Waals surface area (Å²) in [5.41, 5.74) is 0.226. The molecule has 0 radical (unpaired) electrons. The lowest BCUT2D eigenvalue weighted by atomic mass is 10.2. The maximum absolute atomic E-state index is 14.0. The second kappa shape index (κ2) is 6.90. The lowest BCUT2D eigenvalue weighted by molar-refractivity contribution is 0.0525. The number of halogens is 2. The van der Waals surface area contributed by atoms with E-state index in [9.17, 15) is 9.18 Å². The summed E-state index contributed by atoms with van der Waals surface area (Å²) in [5.74, 6) is -0.935. The van der Waals surface area contributed by atoms with Crippen LogP contribution in [0.2, 0.25) is 0 Å². The van der Waals surface area contributed by atoms with Crippen LogP contribution in [0.25, 0.3) is 0 Å². The van der Waals surface area contributed by atoms with Crippen molar-refractivity contribution in [2.45, 2.75) is 16.7 Å². The van der Waals surface area contributed by atoms with E-state index < -0.39 is 11.8 Å². The van der Waals surface area contributed by atoms with E-state index in [1.54, 1.807) is 19.1 Å². The van der Waals surface area contributed by atoms with Gasteiger partial charge in [-0.1, -0.05) is 27.7 Å². The van der Waals surface area contributed by atoms with Crippen LogP contribution < -0.4 is 0 Å². The minimum atomic E-state index is -0.508. The van der Waals surface area contributed by atoms with Crippen LogP contribution in [0.1, 0.15) is 17.3 Å². The van der Waals surface area contributed by atoms with E-state index in [0.29, 0.717) is 4.90 Å². The highest BCUT2D eigenvalue weighted by atomic mass is 79.9. The Kier molecular flexibility index (Phi) is 5.20. The van der Waals surface area contributed by atoms with E-state index >= 15 is 0 Å². The van der Waals surface area contributed by atoms with Gasteiger partial charge in [-0.3, -0.25) is 0 Å². The number of esters is 1. The van der Waals surface area contributed by atoms with Crippen molar-refractivity contribution in [3.8, 4) is 0 Å². The zero-order chi connectivity index (χ0) is 14.5. The van der Waals surface area contributed by atoms with Crippen LogP contribution in [-0.2, 0) is 4.74 Å². The second-order valence-electron chi connectivity index (χ2n) is 3.92.